The van der Waals surface area contributed by atoms with Crippen LogP contribution in [0.4, 0.5) is 22.0 Å². The van der Waals surface area contributed by atoms with Crippen LogP contribution in [0.25, 0.3) is 16.9 Å². The van der Waals surface area contributed by atoms with E-state index in [-0.39, 0.29) is 36.7 Å². The van der Waals surface area contributed by atoms with Crippen LogP contribution in [0, 0.1) is 24.5 Å². The number of hydroxylamine groups is 2. The molecule has 4 aromatic rings. The number of carbonyl (C=O) groups excluding carboxylic acids is 1. The molecule has 8 nitrogen and oxygen atoms in total. The van der Waals surface area contributed by atoms with Gasteiger partial charge in [-0.1, -0.05) is 24.3 Å². The summed E-state index contributed by atoms with van der Waals surface area (Å²) < 4.78 is 73.1. The van der Waals surface area contributed by atoms with Gasteiger partial charge in [-0.15, -0.1) is 0 Å². The molecule has 2 aromatic carbocycles. The number of hydrogen-bond donors (Lipinski definition) is 0. The van der Waals surface area contributed by atoms with Crippen molar-refractivity contribution in [2.45, 2.75) is 38.5 Å². The van der Waals surface area contributed by atoms with E-state index < -0.39 is 42.8 Å². The van der Waals surface area contributed by atoms with E-state index in [2.05, 4.69) is 9.97 Å². The maximum Gasteiger partial charge on any atom is 0.390 e. The zero-order chi connectivity index (χ0) is 30.7. The average molecular weight is 602 g/mol. The first-order valence-corrected chi connectivity index (χ1v) is 13.5. The molecular weight excluding hydrogens is 573 g/mol. The molecule has 0 saturated carbocycles. The standard InChI is InChI=1S/C30H28F5N5O3/c1-18-26(40(22-6-4-3-5-7-22)38-27(18)21-15-36-29(42-2)37-16-21)14-23(41)12-20-17-39(11-10-30(33,34)35)43-28(20)19-8-9-24(31)25(32)13-19/h3-9,13,15-16,20,28H,10-12,14,17H2,1-2H3/t20-,28+/m1/s1. The number of benzene rings is 2. The Bertz CT molecular complexity index is 1580. The fourth-order valence-electron chi connectivity index (χ4n) is 5.13. The molecule has 226 valence electrons. The van der Waals surface area contributed by atoms with Gasteiger partial charge in [0.25, 0.3) is 0 Å². The van der Waals surface area contributed by atoms with E-state index >= 15 is 0 Å². The van der Waals surface area contributed by atoms with Crippen molar-refractivity contribution in [1.82, 2.24) is 24.8 Å². The predicted molar refractivity (Wildman–Crippen MR) is 145 cm³/mol. The van der Waals surface area contributed by atoms with Gasteiger partial charge in [-0.25, -0.2) is 23.4 Å². The molecule has 0 N–H and O–H groups in total. The second-order valence-electron chi connectivity index (χ2n) is 10.3. The van der Waals surface area contributed by atoms with Gasteiger partial charge in [0.1, 0.15) is 11.9 Å². The number of methoxy groups -OCH3 is 1. The number of hydrogen-bond acceptors (Lipinski definition) is 7. The number of para-hydroxylation sites is 1. The SMILES string of the molecule is COc1ncc(-c2nn(-c3ccccc3)c(CC(=O)C[C@@H]3CN(CCC(F)(F)F)O[C@H]3c3ccc(F)c(F)c3)c2C)cn1. The van der Waals surface area contributed by atoms with Crippen LogP contribution in [0.2, 0.25) is 0 Å². The highest BCUT2D eigenvalue weighted by Gasteiger charge is 2.39. The minimum atomic E-state index is -4.41. The summed E-state index contributed by atoms with van der Waals surface area (Å²) in [6.07, 6.45) is -3.44. The topological polar surface area (TPSA) is 82.4 Å². The summed E-state index contributed by atoms with van der Waals surface area (Å²) in [5.74, 6) is -3.01. The summed E-state index contributed by atoms with van der Waals surface area (Å²) in [6.45, 7) is 1.38. The molecule has 1 aliphatic heterocycles. The third kappa shape index (κ3) is 7.05. The first-order valence-electron chi connectivity index (χ1n) is 13.5. The Kier molecular flexibility index (Phi) is 8.83. The van der Waals surface area contributed by atoms with Gasteiger partial charge < -0.3 is 4.74 Å². The second-order valence-corrected chi connectivity index (χ2v) is 10.3. The van der Waals surface area contributed by atoms with Gasteiger partial charge >= 0.3 is 12.2 Å². The number of carbonyl (C=O) groups is 1. The van der Waals surface area contributed by atoms with Crippen LogP contribution in [-0.2, 0) is 16.1 Å². The Morgan fingerprint density at radius 1 is 1.07 bits per heavy atom. The molecule has 2 aromatic heterocycles. The molecule has 0 bridgehead atoms. The number of aromatic nitrogens is 4. The van der Waals surface area contributed by atoms with Crippen molar-refractivity contribution in [2.24, 2.45) is 5.92 Å². The molecular formula is C30H28F5N5O3. The molecule has 43 heavy (non-hydrogen) atoms. The number of ketones is 1. The molecule has 0 spiro atoms. The predicted octanol–water partition coefficient (Wildman–Crippen LogP) is 5.98. The molecule has 3 heterocycles. The number of rotatable bonds is 10. The lowest BCUT2D eigenvalue weighted by Gasteiger charge is -2.18. The average Bonchev–Trinajstić information content (AvgIpc) is 3.54. The number of alkyl halides is 3. The van der Waals surface area contributed by atoms with E-state index in [1.165, 1.54) is 13.2 Å². The molecule has 0 aliphatic carbocycles. The molecule has 13 heteroatoms. The summed E-state index contributed by atoms with van der Waals surface area (Å²) in [5.41, 5.74) is 3.47. The minimum Gasteiger partial charge on any atom is -0.467 e. The molecule has 2 atom stereocenters. The minimum absolute atomic E-state index is 0.0108. The van der Waals surface area contributed by atoms with Gasteiger partial charge in [-0.05, 0) is 42.3 Å². The zero-order valence-corrected chi connectivity index (χ0v) is 23.3. The van der Waals surface area contributed by atoms with Crippen LogP contribution >= 0.6 is 0 Å². The first kappa shape index (κ1) is 30.2. The third-order valence-electron chi connectivity index (χ3n) is 7.23. The highest BCUT2D eigenvalue weighted by Crippen LogP contribution is 2.38. The smallest absolute Gasteiger partial charge is 0.390 e. The summed E-state index contributed by atoms with van der Waals surface area (Å²) in [7, 11) is 1.45. The van der Waals surface area contributed by atoms with E-state index in [0.717, 1.165) is 28.4 Å². The Labute approximate surface area is 244 Å². The maximum absolute atomic E-state index is 14.1. The molecule has 1 fully saturated rings. The number of halogens is 5. The Balaban J connectivity index is 1.42. The van der Waals surface area contributed by atoms with E-state index in [4.69, 9.17) is 14.7 Å². The molecule has 5 rings (SSSR count). The second kappa shape index (κ2) is 12.6. The molecule has 0 amide bonds. The van der Waals surface area contributed by atoms with Gasteiger partial charge in [0.05, 0.1) is 30.6 Å². The molecule has 0 radical (unpaired) electrons. The molecule has 1 saturated heterocycles. The number of nitrogens with zero attached hydrogens (tertiary/aromatic N) is 5. The van der Waals surface area contributed by atoms with E-state index in [1.807, 2.05) is 37.3 Å². The van der Waals surface area contributed by atoms with Gasteiger partial charge in [0.2, 0.25) is 0 Å². The van der Waals surface area contributed by atoms with Gasteiger partial charge in [-0.2, -0.15) is 23.3 Å². The summed E-state index contributed by atoms with van der Waals surface area (Å²) >= 11 is 0. The largest absolute Gasteiger partial charge is 0.467 e. The van der Waals surface area contributed by atoms with Crippen molar-refractivity contribution in [3.63, 3.8) is 0 Å². The van der Waals surface area contributed by atoms with Crippen LogP contribution < -0.4 is 4.74 Å². The molecule has 0 unspecified atom stereocenters. The lowest BCUT2D eigenvalue weighted by Crippen LogP contribution is -2.25. The van der Waals surface area contributed by atoms with Crippen LogP contribution in [-0.4, -0.2) is 57.0 Å². The Hall–Kier alpha value is -4.23. The van der Waals surface area contributed by atoms with E-state index in [0.29, 0.717) is 17.0 Å². The Morgan fingerprint density at radius 3 is 2.44 bits per heavy atom. The fourth-order valence-corrected chi connectivity index (χ4v) is 5.13. The maximum atomic E-state index is 14.1. The van der Waals surface area contributed by atoms with Crippen molar-refractivity contribution in [3.8, 4) is 23.0 Å². The van der Waals surface area contributed by atoms with Crippen LogP contribution in [0.5, 0.6) is 6.01 Å². The normalized spacial score (nSPS) is 17.4. The van der Waals surface area contributed by atoms with Crippen molar-refractivity contribution < 1.29 is 36.3 Å². The Morgan fingerprint density at radius 2 is 1.79 bits per heavy atom. The van der Waals surface area contributed by atoms with Crippen molar-refractivity contribution in [3.05, 3.63) is 89.4 Å². The quantitative estimate of drug-likeness (QED) is 0.207. The van der Waals surface area contributed by atoms with Gasteiger partial charge in [-0.3, -0.25) is 9.63 Å². The van der Waals surface area contributed by atoms with Crippen LogP contribution in [0.1, 0.15) is 35.8 Å². The highest BCUT2D eigenvalue weighted by atomic mass is 19.4. The first-order chi connectivity index (χ1) is 20.5. The lowest BCUT2D eigenvalue weighted by molar-refractivity contribution is -0.184. The van der Waals surface area contributed by atoms with Crippen molar-refractivity contribution in [2.75, 3.05) is 20.2 Å². The van der Waals surface area contributed by atoms with Crippen LogP contribution in [0.15, 0.2) is 60.9 Å². The summed E-state index contributed by atoms with van der Waals surface area (Å²) in [6, 6.07) is 12.6. The van der Waals surface area contributed by atoms with E-state index in [1.54, 1.807) is 17.1 Å². The van der Waals surface area contributed by atoms with Crippen molar-refractivity contribution >= 4 is 5.78 Å². The zero-order valence-electron chi connectivity index (χ0n) is 23.3. The summed E-state index contributed by atoms with van der Waals surface area (Å²) in [4.78, 5) is 27.6. The monoisotopic (exact) mass is 601 g/mol. The van der Waals surface area contributed by atoms with E-state index in [9.17, 15) is 26.7 Å². The van der Waals surface area contributed by atoms with Crippen LogP contribution in [0.3, 0.4) is 0 Å². The number of Topliss-reactive ketones (excluding diaryl/α,β-unsaturated/α-hetero) is 1. The van der Waals surface area contributed by atoms with Gasteiger partial charge in [0, 0.05) is 49.8 Å². The third-order valence-corrected chi connectivity index (χ3v) is 7.23. The van der Waals surface area contributed by atoms with Gasteiger partial charge in [0.15, 0.2) is 11.6 Å². The lowest BCUT2D eigenvalue weighted by atomic mass is 9.90. The molecule has 1 aliphatic rings. The number of ether oxygens (including phenoxy) is 1. The fraction of sp³-hybridized carbons (Fsp3) is 0.333. The van der Waals surface area contributed by atoms with Crippen molar-refractivity contribution in [1.29, 1.82) is 0 Å². The summed E-state index contributed by atoms with van der Waals surface area (Å²) in [5, 5.41) is 5.89. The highest BCUT2D eigenvalue weighted by molar-refractivity contribution is 5.82.